The molecule has 110 valence electrons. The molecule has 7 heteroatoms. The van der Waals surface area contributed by atoms with Gasteiger partial charge in [-0.05, 0) is 49.1 Å². The summed E-state index contributed by atoms with van der Waals surface area (Å²) >= 11 is 1.50. The standard InChI is InChI=1S/C13H17FN2O3S/c1-8-5-9(14)7-10(6-8)15-13(19)16-11(12(17)18)3-4-20-2/h5-7,11H,3-4H2,1-2H3,(H,17,18)(H2,15,16,19)/t11-/m0/s1. The highest BCUT2D eigenvalue weighted by Crippen LogP contribution is 2.13. The number of urea groups is 1. The smallest absolute Gasteiger partial charge is 0.326 e. The molecule has 0 spiro atoms. The average Bonchev–Trinajstić information content (AvgIpc) is 2.32. The predicted molar refractivity (Wildman–Crippen MR) is 77.7 cm³/mol. The van der Waals surface area contributed by atoms with Gasteiger partial charge >= 0.3 is 12.0 Å². The number of thioether (sulfide) groups is 1. The number of hydrogen-bond acceptors (Lipinski definition) is 3. The number of halogens is 1. The fourth-order valence-electron chi connectivity index (χ4n) is 1.63. The van der Waals surface area contributed by atoms with Crippen LogP contribution in [0.4, 0.5) is 14.9 Å². The third-order valence-corrected chi connectivity index (χ3v) is 3.16. The first kappa shape index (κ1) is 16.3. The molecule has 3 N–H and O–H groups in total. The second kappa shape index (κ2) is 7.74. The second-order valence-electron chi connectivity index (χ2n) is 4.29. The number of anilines is 1. The monoisotopic (exact) mass is 300 g/mol. The van der Waals surface area contributed by atoms with Gasteiger partial charge in [0, 0.05) is 5.69 Å². The van der Waals surface area contributed by atoms with E-state index in [0.29, 0.717) is 17.7 Å². The second-order valence-corrected chi connectivity index (χ2v) is 5.27. The van der Waals surface area contributed by atoms with Gasteiger partial charge in [0.15, 0.2) is 0 Å². The van der Waals surface area contributed by atoms with Gasteiger partial charge in [0.05, 0.1) is 0 Å². The van der Waals surface area contributed by atoms with Gasteiger partial charge < -0.3 is 15.7 Å². The normalized spacial score (nSPS) is 11.8. The summed E-state index contributed by atoms with van der Waals surface area (Å²) in [7, 11) is 0. The molecule has 1 aromatic carbocycles. The maximum Gasteiger partial charge on any atom is 0.326 e. The molecule has 0 aromatic heterocycles. The van der Waals surface area contributed by atoms with Crippen molar-refractivity contribution < 1.29 is 19.1 Å². The van der Waals surface area contributed by atoms with E-state index in [1.807, 2.05) is 6.26 Å². The van der Waals surface area contributed by atoms with Gasteiger partial charge in [-0.25, -0.2) is 14.0 Å². The Balaban J connectivity index is 2.63. The van der Waals surface area contributed by atoms with E-state index < -0.39 is 23.9 Å². The lowest BCUT2D eigenvalue weighted by atomic mass is 10.2. The molecule has 20 heavy (non-hydrogen) atoms. The summed E-state index contributed by atoms with van der Waals surface area (Å²) in [5.41, 5.74) is 0.950. The molecule has 0 saturated heterocycles. The molecule has 0 aliphatic carbocycles. The summed E-state index contributed by atoms with van der Waals surface area (Å²) in [6, 6.07) is 2.48. The van der Waals surface area contributed by atoms with Gasteiger partial charge in [0.2, 0.25) is 0 Å². The molecule has 2 amide bonds. The van der Waals surface area contributed by atoms with Crippen molar-refractivity contribution in [3.05, 3.63) is 29.6 Å². The van der Waals surface area contributed by atoms with Gasteiger partial charge in [-0.15, -0.1) is 0 Å². The van der Waals surface area contributed by atoms with Crippen molar-refractivity contribution in [2.75, 3.05) is 17.3 Å². The molecule has 5 nitrogen and oxygen atoms in total. The summed E-state index contributed by atoms with van der Waals surface area (Å²) in [6.45, 7) is 1.70. The number of amides is 2. The van der Waals surface area contributed by atoms with Crippen LogP contribution in [0.25, 0.3) is 0 Å². The number of aliphatic carboxylic acids is 1. The number of rotatable bonds is 6. The largest absolute Gasteiger partial charge is 0.480 e. The van der Waals surface area contributed by atoms with E-state index in [-0.39, 0.29) is 5.69 Å². The first-order valence-corrected chi connectivity index (χ1v) is 7.38. The van der Waals surface area contributed by atoms with Crippen LogP contribution in [-0.2, 0) is 4.79 Å². The van der Waals surface area contributed by atoms with Crippen molar-refractivity contribution in [2.45, 2.75) is 19.4 Å². The van der Waals surface area contributed by atoms with Gasteiger partial charge in [-0.1, -0.05) is 0 Å². The molecular formula is C13H17FN2O3S. The zero-order valence-electron chi connectivity index (χ0n) is 11.3. The van der Waals surface area contributed by atoms with Gasteiger partial charge in [0.1, 0.15) is 11.9 Å². The van der Waals surface area contributed by atoms with Crippen LogP contribution in [0.3, 0.4) is 0 Å². The number of carbonyl (C=O) groups excluding carboxylic acids is 1. The lowest BCUT2D eigenvalue weighted by Crippen LogP contribution is -2.43. The topological polar surface area (TPSA) is 78.4 Å². The SMILES string of the molecule is CSCC[C@H](NC(=O)Nc1cc(C)cc(F)c1)C(=O)O. The van der Waals surface area contributed by atoms with E-state index in [9.17, 15) is 14.0 Å². The molecule has 0 bridgehead atoms. The highest BCUT2D eigenvalue weighted by atomic mass is 32.2. The quantitative estimate of drug-likeness (QED) is 0.754. The summed E-state index contributed by atoms with van der Waals surface area (Å²) < 4.78 is 13.2. The van der Waals surface area contributed by atoms with Crippen LogP contribution in [0.1, 0.15) is 12.0 Å². The Morgan fingerprint density at radius 2 is 2.10 bits per heavy atom. The van der Waals surface area contributed by atoms with E-state index in [1.54, 1.807) is 13.0 Å². The number of aryl methyl sites for hydroxylation is 1. The van der Waals surface area contributed by atoms with Crippen LogP contribution in [-0.4, -0.2) is 35.2 Å². The Hall–Kier alpha value is -1.76. The van der Waals surface area contributed by atoms with Crippen molar-refractivity contribution in [3.8, 4) is 0 Å². The number of hydrogen-bond donors (Lipinski definition) is 3. The van der Waals surface area contributed by atoms with E-state index in [4.69, 9.17) is 5.11 Å². The summed E-state index contributed by atoms with van der Waals surface area (Å²) in [5.74, 6) is -0.932. The van der Waals surface area contributed by atoms with Crippen LogP contribution in [0.2, 0.25) is 0 Å². The van der Waals surface area contributed by atoms with Crippen LogP contribution < -0.4 is 10.6 Å². The number of carboxylic acids is 1. The minimum Gasteiger partial charge on any atom is -0.480 e. The molecule has 0 saturated carbocycles. The highest BCUT2D eigenvalue weighted by Gasteiger charge is 2.19. The molecule has 0 aliphatic rings. The van der Waals surface area contributed by atoms with Crippen LogP contribution >= 0.6 is 11.8 Å². The molecule has 1 aromatic rings. The molecule has 1 atom stereocenters. The van der Waals surface area contributed by atoms with Gasteiger partial charge in [-0.2, -0.15) is 11.8 Å². The lowest BCUT2D eigenvalue weighted by Gasteiger charge is -2.15. The highest BCUT2D eigenvalue weighted by molar-refractivity contribution is 7.98. The maximum absolute atomic E-state index is 13.2. The molecule has 1 rings (SSSR count). The van der Waals surface area contributed by atoms with E-state index >= 15 is 0 Å². The third-order valence-electron chi connectivity index (χ3n) is 2.51. The minimum absolute atomic E-state index is 0.286. The molecule has 0 radical (unpaired) electrons. The molecule has 0 unspecified atom stereocenters. The third kappa shape index (κ3) is 5.48. The maximum atomic E-state index is 13.2. The zero-order chi connectivity index (χ0) is 15.1. The predicted octanol–water partition coefficient (Wildman–Crippen LogP) is 2.46. The Labute approximate surface area is 120 Å². The first-order chi connectivity index (χ1) is 9.42. The van der Waals surface area contributed by atoms with Crippen molar-refractivity contribution in [3.63, 3.8) is 0 Å². The Bertz CT molecular complexity index is 476. The van der Waals surface area contributed by atoms with Gasteiger partial charge in [-0.3, -0.25) is 0 Å². The van der Waals surface area contributed by atoms with Gasteiger partial charge in [0.25, 0.3) is 0 Å². The molecule has 0 fully saturated rings. The Kier molecular flexibility index (Phi) is 6.30. The number of carbonyl (C=O) groups is 2. The molecular weight excluding hydrogens is 283 g/mol. The van der Waals surface area contributed by atoms with E-state index in [0.717, 1.165) is 0 Å². The van der Waals surface area contributed by atoms with Crippen molar-refractivity contribution in [1.29, 1.82) is 0 Å². The Morgan fingerprint density at radius 3 is 2.65 bits per heavy atom. The fourth-order valence-corrected chi connectivity index (χ4v) is 2.10. The first-order valence-electron chi connectivity index (χ1n) is 5.99. The summed E-state index contributed by atoms with van der Waals surface area (Å²) in [4.78, 5) is 22.7. The van der Waals surface area contributed by atoms with Crippen LogP contribution in [0.5, 0.6) is 0 Å². The van der Waals surface area contributed by atoms with Crippen molar-refractivity contribution in [1.82, 2.24) is 5.32 Å². The number of nitrogens with one attached hydrogen (secondary N) is 2. The van der Waals surface area contributed by atoms with Crippen molar-refractivity contribution >= 4 is 29.4 Å². The molecule has 0 aliphatic heterocycles. The van der Waals surface area contributed by atoms with Crippen LogP contribution in [0, 0.1) is 12.7 Å². The van der Waals surface area contributed by atoms with E-state index in [2.05, 4.69) is 10.6 Å². The minimum atomic E-state index is -1.09. The number of benzene rings is 1. The van der Waals surface area contributed by atoms with E-state index in [1.165, 1.54) is 23.9 Å². The van der Waals surface area contributed by atoms with Crippen LogP contribution in [0.15, 0.2) is 18.2 Å². The zero-order valence-corrected chi connectivity index (χ0v) is 12.1. The number of carboxylic acid groups (broad SMARTS) is 1. The van der Waals surface area contributed by atoms with Crippen molar-refractivity contribution in [2.24, 2.45) is 0 Å². The molecule has 0 heterocycles. The fraction of sp³-hybridized carbons (Fsp3) is 0.385. The summed E-state index contributed by atoms with van der Waals surface area (Å²) in [5, 5.41) is 13.8. The lowest BCUT2D eigenvalue weighted by molar-refractivity contribution is -0.139. The average molecular weight is 300 g/mol. The Morgan fingerprint density at radius 1 is 1.40 bits per heavy atom. The summed E-state index contributed by atoms with van der Waals surface area (Å²) in [6.07, 6.45) is 2.18.